The molecule has 2 N–H and O–H groups in total. The number of carbonyl (C=O) groups excluding carboxylic acids is 1. The number of aryl methyl sites for hydroxylation is 1. The standard InChI is InChI=1S/C17H21N5O3/c23-15(14-12-4-1-2-5-13(12)25-21-14)20-10-17(24)6-9-22(11-17)16-18-7-3-8-19-16/h3,7-8,24H,1-2,4-6,9-11H2,(H,20,23)/t17-/m0/s1. The van der Waals surface area contributed by atoms with E-state index in [0.29, 0.717) is 31.2 Å². The zero-order valence-electron chi connectivity index (χ0n) is 13.9. The lowest BCUT2D eigenvalue weighted by Gasteiger charge is -2.23. The molecule has 0 aromatic carbocycles. The second kappa shape index (κ2) is 6.44. The van der Waals surface area contributed by atoms with Crippen molar-refractivity contribution in [2.75, 3.05) is 24.5 Å². The third-order valence-electron chi connectivity index (χ3n) is 4.91. The van der Waals surface area contributed by atoms with Gasteiger partial charge >= 0.3 is 0 Å². The first kappa shape index (κ1) is 16.0. The number of fused-ring (bicyclic) bond motifs is 1. The predicted molar refractivity (Wildman–Crippen MR) is 89.3 cm³/mol. The fourth-order valence-corrected chi connectivity index (χ4v) is 3.52. The summed E-state index contributed by atoms with van der Waals surface area (Å²) in [7, 11) is 0. The molecule has 1 aliphatic heterocycles. The molecule has 1 atom stereocenters. The van der Waals surface area contributed by atoms with Crippen molar-refractivity contribution in [2.45, 2.75) is 37.7 Å². The molecule has 2 aromatic heterocycles. The minimum atomic E-state index is -1.00. The second-order valence-corrected chi connectivity index (χ2v) is 6.77. The quantitative estimate of drug-likeness (QED) is 0.842. The van der Waals surface area contributed by atoms with Crippen LogP contribution in [-0.2, 0) is 12.8 Å². The summed E-state index contributed by atoms with van der Waals surface area (Å²) in [6, 6.07) is 1.75. The van der Waals surface area contributed by atoms with Crippen molar-refractivity contribution in [3.05, 3.63) is 35.5 Å². The van der Waals surface area contributed by atoms with Crippen molar-refractivity contribution in [1.29, 1.82) is 0 Å². The van der Waals surface area contributed by atoms with Crippen LogP contribution >= 0.6 is 0 Å². The number of nitrogens with zero attached hydrogens (tertiary/aromatic N) is 4. The highest BCUT2D eigenvalue weighted by molar-refractivity contribution is 5.93. The maximum atomic E-state index is 12.4. The number of amides is 1. The number of rotatable bonds is 4. The van der Waals surface area contributed by atoms with Gasteiger partial charge in [-0.3, -0.25) is 4.79 Å². The van der Waals surface area contributed by atoms with Crippen LogP contribution < -0.4 is 10.2 Å². The monoisotopic (exact) mass is 343 g/mol. The number of carbonyl (C=O) groups is 1. The molecule has 0 saturated carbocycles. The van der Waals surface area contributed by atoms with E-state index in [0.717, 1.165) is 37.0 Å². The van der Waals surface area contributed by atoms with Crippen LogP contribution in [0.5, 0.6) is 0 Å². The molecule has 0 unspecified atom stereocenters. The lowest BCUT2D eigenvalue weighted by molar-refractivity contribution is 0.0572. The Morgan fingerprint density at radius 3 is 2.96 bits per heavy atom. The molecule has 1 aliphatic carbocycles. The topological polar surface area (TPSA) is 104 Å². The lowest BCUT2D eigenvalue weighted by atomic mass is 9.96. The van der Waals surface area contributed by atoms with E-state index in [9.17, 15) is 9.90 Å². The minimum Gasteiger partial charge on any atom is -0.386 e. The SMILES string of the molecule is O=C(NC[C@@]1(O)CCN(c2ncccn2)C1)c1noc2c1CCCC2. The predicted octanol–water partition coefficient (Wildman–Crippen LogP) is 0.715. The Hall–Kier alpha value is -2.48. The summed E-state index contributed by atoms with van der Waals surface area (Å²) in [6.07, 6.45) is 7.67. The summed E-state index contributed by atoms with van der Waals surface area (Å²) in [6.45, 7) is 1.20. The fraction of sp³-hybridized carbons (Fsp3) is 0.529. The first-order valence-corrected chi connectivity index (χ1v) is 8.65. The maximum Gasteiger partial charge on any atom is 0.273 e. The summed E-state index contributed by atoms with van der Waals surface area (Å²) in [4.78, 5) is 22.8. The van der Waals surface area contributed by atoms with E-state index < -0.39 is 5.60 Å². The van der Waals surface area contributed by atoms with Gasteiger partial charge in [-0.2, -0.15) is 0 Å². The largest absolute Gasteiger partial charge is 0.386 e. The molecule has 1 fully saturated rings. The van der Waals surface area contributed by atoms with Crippen LogP contribution in [0.4, 0.5) is 5.95 Å². The van der Waals surface area contributed by atoms with E-state index in [-0.39, 0.29) is 12.5 Å². The van der Waals surface area contributed by atoms with Crippen molar-refractivity contribution in [1.82, 2.24) is 20.4 Å². The summed E-state index contributed by atoms with van der Waals surface area (Å²) < 4.78 is 5.28. The van der Waals surface area contributed by atoms with Crippen LogP contribution in [0.3, 0.4) is 0 Å². The van der Waals surface area contributed by atoms with Crippen molar-refractivity contribution in [3.63, 3.8) is 0 Å². The van der Waals surface area contributed by atoms with E-state index in [4.69, 9.17) is 4.52 Å². The van der Waals surface area contributed by atoms with Gasteiger partial charge < -0.3 is 19.8 Å². The zero-order valence-corrected chi connectivity index (χ0v) is 13.9. The summed E-state index contributed by atoms with van der Waals surface area (Å²) in [5.41, 5.74) is 0.277. The molecule has 1 saturated heterocycles. The van der Waals surface area contributed by atoms with Gasteiger partial charge in [0.2, 0.25) is 5.95 Å². The van der Waals surface area contributed by atoms with Crippen molar-refractivity contribution in [3.8, 4) is 0 Å². The number of hydrogen-bond acceptors (Lipinski definition) is 7. The van der Waals surface area contributed by atoms with Gasteiger partial charge in [0.15, 0.2) is 5.69 Å². The molecule has 1 amide bonds. The molecule has 0 radical (unpaired) electrons. The Balaban J connectivity index is 1.38. The van der Waals surface area contributed by atoms with Gasteiger partial charge in [0, 0.05) is 37.5 Å². The van der Waals surface area contributed by atoms with Crippen LogP contribution in [0.15, 0.2) is 23.0 Å². The highest BCUT2D eigenvalue weighted by Gasteiger charge is 2.38. The molecule has 8 heteroatoms. The van der Waals surface area contributed by atoms with Gasteiger partial charge in [0.25, 0.3) is 5.91 Å². The Kier molecular flexibility index (Phi) is 4.12. The highest BCUT2D eigenvalue weighted by atomic mass is 16.5. The van der Waals surface area contributed by atoms with E-state index in [1.54, 1.807) is 18.5 Å². The Bertz CT molecular complexity index is 763. The molecule has 3 heterocycles. The number of nitrogens with one attached hydrogen (secondary N) is 1. The molecule has 132 valence electrons. The van der Waals surface area contributed by atoms with Gasteiger partial charge in [-0.25, -0.2) is 9.97 Å². The molecular formula is C17H21N5O3. The molecule has 0 bridgehead atoms. The average Bonchev–Trinajstić information content (AvgIpc) is 3.25. The highest BCUT2D eigenvalue weighted by Crippen LogP contribution is 2.25. The molecular weight excluding hydrogens is 322 g/mol. The van der Waals surface area contributed by atoms with Crippen LogP contribution in [0.2, 0.25) is 0 Å². The lowest BCUT2D eigenvalue weighted by Crippen LogP contribution is -2.45. The van der Waals surface area contributed by atoms with E-state index in [1.165, 1.54) is 0 Å². The smallest absolute Gasteiger partial charge is 0.273 e. The molecule has 2 aromatic rings. The van der Waals surface area contributed by atoms with Crippen molar-refractivity contribution < 1.29 is 14.4 Å². The molecule has 2 aliphatic rings. The van der Waals surface area contributed by atoms with Crippen LogP contribution in [-0.4, -0.2) is 51.4 Å². The fourth-order valence-electron chi connectivity index (χ4n) is 3.52. The maximum absolute atomic E-state index is 12.4. The van der Waals surface area contributed by atoms with Gasteiger partial charge in [-0.15, -0.1) is 0 Å². The first-order chi connectivity index (χ1) is 12.1. The molecule has 8 nitrogen and oxygen atoms in total. The first-order valence-electron chi connectivity index (χ1n) is 8.65. The average molecular weight is 343 g/mol. The number of aromatic nitrogens is 3. The van der Waals surface area contributed by atoms with Gasteiger partial charge in [-0.1, -0.05) is 5.16 Å². The second-order valence-electron chi connectivity index (χ2n) is 6.77. The van der Waals surface area contributed by atoms with Crippen molar-refractivity contribution in [2.24, 2.45) is 0 Å². The summed E-state index contributed by atoms with van der Waals surface area (Å²) in [5, 5.41) is 17.5. The Labute approximate surface area is 145 Å². The van der Waals surface area contributed by atoms with Gasteiger partial charge in [-0.05, 0) is 31.7 Å². The minimum absolute atomic E-state index is 0.163. The third kappa shape index (κ3) is 3.21. The van der Waals surface area contributed by atoms with Gasteiger partial charge in [0.1, 0.15) is 11.4 Å². The summed E-state index contributed by atoms with van der Waals surface area (Å²) >= 11 is 0. The van der Waals surface area contributed by atoms with Crippen LogP contribution in [0.1, 0.15) is 41.1 Å². The Morgan fingerprint density at radius 2 is 2.12 bits per heavy atom. The zero-order chi connectivity index (χ0) is 17.3. The van der Waals surface area contributed by atoms with E-state index in [1.807, 2.05) is 4.90 Å². The van der Waals surface area contributed by atoms with Gasteiger partial charge in [0.05, 0.1) is 6.54 Å². The molecule has 0 spiro atoms. The number of anilines is 1. The van der Waals surface area contributed by atoms with E-state index in [2.05, 4.69) is 20.4 Å². The van der Waals surface area contributed by atoms with Crippen LogP contribution in [0, 0.1) is 0 Å². The Morgan fingerprint density at radius 1 is 1.32 bits per heavy atom. The number of aliphatic hydroxyl groups is 1. The number of β-amino-alcohol motifs (C(OH)–C–C–N with tert-alkyl or cyclic N) is 1. The van der Waals surface area contributed by atoms with E-state index >= 15 is 0 Å². The normalized spacial score (nSPS) is 22.7. The van der Waals surface area contributed by atoms with Crippen molar-refractivity contribution >= 4 is 11.9 Å². The third-order valence-corrected chi connectivity index (χ3v) is 4.91. The molecule has 25 heavy (non-hydrogen) atoms. The molecule has 4 rings (SSSR count). The van der Waals surface area contributed by atoms with Crippen LogP contribution in [0.25, 0.3) is 0 Å². The number of hydrogen-bond donors (Lipinski definition) is 2. The summed E-state index contributed by atoms with van der Waals surface area (Å²) in [5.74, 6) is 1.13.